The molecule has 80 valence electrons. The Kier molecular flexibility index (Phi) is 2.34. The summed E-state index contributed by atoms with van der Waals surface area (Å²) in [6.45, 7) is 2.10. The van der Waals surface area contributed by atoms with Crippen LogP contribution in [0.4, 0.5) is 5.82 Å². The molecule has 1 aliphatic rings. The van der Waals surface area contributed by atoms with Gasteiger partial charge in [-0.05, 0) is 36.8 Å². The lowest BCUT2D eigenvalue weighted by molar-refractivity contribution is 0.0697. The maximum atomic E-state index is 10.9. The number of aromatic carboxylic acids is 1. The summed E-state index contributed by atoms with van der Waals surface area (Å²) in [5.41, 5.74) is 7.76. The normalized spacial score (nSPS) is 19.7. The van der Waals surface area contributed by atoms with Gasteiger partial charge in [0.05, 0.1) is 0 Å². The smallest absolute Gasteiger partial charge is 0.339 e. The number of aryl methyl sites for hydroxylation is 1. The van der Waals surface area contributed by atoms with Crippen LogP contribution < -0.4 is 5.73 Å². The average Bonchev–Trinajstić information content (AvgIpc) is 2.18. The number of rotatable bonds is 1. The molecular formula is C11H14N2O2. The van der Waals surface area contributed by atoms with E-state index in [2.05, 4.69) is 11.9 Å². The number of carboxylic acids is 1. The number of nitrogen functional groups attached to an aromatic ring is 1. The highest BCUT2D eigenvalue weighted by Gasteiger charge is 2.21. The van der Waals surface area contributed by atoms with Crippen molar-refractivity contribution in [2.75, 3.05) is 5.73 Å². The number of hydrogen-bond acceptors (Lipinski definition) is 3. The molecule has 0 saturated heterocycles. The fourth-order valence-corrected chi connectivity index (χ4v) is 2.12. The third kappa shape index (κ3) is 1.67. The van der Waals surface area contributed by atoms with Crippen LogP contribution in [0.2, 0.25) is 0 Å². The highest BCUT2D eigenvalue weighted by atomic mass is 16.4. The van der Waals surface area contributed by atoms with Crippen LogP contribution in [0, 0.1) is 0 Å². The van der Waals surface area contributed by atoms with Gasteiger partial charge in [0, 0.05) is 5.69 Å². The second-order valence-corrected chi connectivity index (χ2v) is 4.06. The van der Waals surface area contributed by atoms with Crippen LogP contribution in [-0.4, -0.2) is 16.1 Å². The predicted molar refractivity (Wildman–Crippen MR) is 57.0 cm³/mol. The highest BCUT2D eigenvalue weighted by molar-refractivity contribution is 5.92. The fraction of sp³-hybridized carbons (Fsp3) is 0.455. The minimum Gasteiger partial charge on any atom is -0.478 e. The Hall–Kier alpha value is -1.58. The number of nitrogens with two attached hydrogens (primary N) is 1. The zero-order valence-corrected chi connectivity index (χ0v) is 8.66. The van der Waals surface area contributed by atoms with E-state index >= 15 is 0 Å². The molecular weight excluding hydrogens is 192 g/mol. The minimum atomic E-state index is -0.999. The quantitative estimate of drug-likeness (QED) is 0.734. The molecule has 0 aliphatic heterocycles. The maximum absolute atomic E-state index is 10.9. The lowest BCUT2D eigenvalue weighted by Gasteiger charge is -2.21. The van der Waals surface area contributed by atoms with Gasteiger partial charge < -0.3 is 10.8 Å². The molecule has 0 fully saturated rings. The second-order valence-electron chi connectivity index (χ2n) is 4.06. The Morgan fingerprint density at radius 1 is 1.67 bits per heavy atom. The van der Waals surface area contributed by atoms with Crippen LogP contribution >= 0.6 is 0 Å². The van der Waals surface area contributed by atoms with Gasteiger partial charge in [0.2, 0.25) is 0 Å². The van der Waals surface area contributed by atoms with Gasteiger partial charge in [-0.3, -0.25) is 0 Å². The van der Waals surface area contributed by atoms with Crippen molar-refractivity contribution in [3.63, 3.8) is 0 Å². The fourth-order valence-electron chi connectivity index (χ4n) is 2.12. The maximum Gasteiger partial charge on any atom is 0.339 e. The molecule has 1 heterocycles. The van der Waals surface area contributed by atoms with Gasteiger partial charge in [0.15, 0.2) is 0 Å². The number of carboxylic acid groups (broad SMARTS) is 1. The largest absolute Gasteiger partial charge is 0.478 e. The Morgan fingerprint density at radius 3 is 3.07 bits per heavy atom. The molecule has 1 aromatic rings. The Bertz CT molecular complexity index is 415. The van der Waals surface area contributed by atoms with Gasteiger partial charge in [0.25, 0.3) is 0 Å². The molecule has 4 nitrogen and oxygen atoms in total. The number of pyridine rings is 1. The van der Waals surface area contributed by atoms with Gasteiger partial charge >= 0.3 is 5.97 Å². The molecule has 3 N–H and O–H groups in total. The Labute approximate surface area is 88.1 Å². The first-order valence-corrected chi connectivity index (χ1v) is 5.12. The van der Waals surface area contributed by atoms with E-state index in [9.17, 15) is 4.79 Å². The molecule has 15 heavy (non-hydrogen) atoms. The first kappa shape index (κ1) is 9.96. The van der Waals surface area contributed by atoms with E-state index < -0.39 is 5.97 Å². The molecule has 0 radical (unpaired) electrons. The lowest BCUT2D eigenvalue weighted by atomic mass is 9.87. The van der Waals surface area contributed by atoms with Gasteiger partial charge in [-0.2, -0.15) is 0 Å². The van der Waals surface area contributed by atoms with E-state index in [1.807, 2.05) is 0 Å². The summed E-state index contributed by atoms with van der Waals surface area (Å²) in [6.07, 6.45) is 3.11. The monoisotopic (exact) mass is 206 g/mol. The molecule has 0 bridgehead atoms. The third-order valence-corrected chi connectivity index (χ3v) is 2.94. The molecule has 1 atom stereocenters. The summed E-state index contributed by atoms with van der Waals surface area (Å²) < 4.78 is 0. The van der Waals surface area contributed by atoms with Crippen molar-refractivity contribution in [3.05, 3.63) is 22.9 Å². The topological polar surface area (TPSA) is 76.2 Å². The average molecular weight is 206 g/mol. The number of nitrogens with zero attached hydrogens (tertiary/aromatic N) is 1. The van der Waals surface area contributed by atoms with Crippen molar-refractivity contribution < 1.29 is 9.90 Å². The number of aromatic nitrogens is 1. The summed E-state index contributed by atoms with van der Waals surface area (Å²) in [6, 6.07) is 1.68. The van der Waals surface area contributed by atoms with E-state index in [0.717, 1.165) is 30.5 Å². The van der Waals surface area contributed by atoms with E-state index in [-0.39, 0.29) is 11.4 Å². The van der Waals surface area contributed by atoms with Crippen molar-refractivity contribution in [1.29, 1.82) is 0 Å². The van der Waals surface area contributed by atoms with Crippen LogP contribution in [-0.2, 0) is 6.42 Å². The van der Waals surface area contributed by atoms with Gasteiger partial charge in [0.1, 0.15) is 11.4 Å². The van der Waals surface area contributed by atoms with E-state index in [4.69, 9.17) is 10.8 Å². The lowest BCUT2D eigenvalue weighted by Crippen LogP contribution is -2.14. The highest BCUT2D eigenvalue weighted by Crippen LogP contribution is 2.31. The Morgan fingerprint density at radius 2 is 2.40 bits per heavy atom. The zero-order valence-electron chi connectivity index (χ0n) is 8.66. The SMILES string of the molecule is CC1CCCc2cc(C(=O)O)c(N)nc21. The minimum absolute atomic E-state index is 0.128. The van der Waals surface area contributed by atoms with Crippen molar-refractivity contribution in [2.45, 2.75) is 32.1 Å². The summed E-state index contributed by atoms with van der Waals surface area (Å²) in [4.78, 5) is 15.1. The van der Waals surface area contributed by atoms with Crippen LogP contribution in [0.3, 0.4) is 0 Å². The van der Waals surface area contributed by atoms with Crippen LogP contribution in [0.5, 0.6) is 0 Å². The van der Waals surface area contributed by atoms with Gasteiger partial charge in [-0.25, -0.2) is 9.78 Å². The Balaban J connectivity index is 2.54. The van der Waals surface area contributed by atoms with Crippen molar-refractivity contribution in [1.82, 2.24) is 4.98 Å². The van der Waals surface area contributed by atoms with Gasteiger partial charge in [-0.15, -0.1) is 0 Å². The first-order valence-electron chi connectivity index (χ1n) is 5.12. The van der Waals surface area contributed by atoms with Gasteiger partial charge in [-0.1, -0.05) is 6.92 Å². The van der Waals surface area contributed by atoms with Crippen molar-refractivity contribution >= 4 is 11.8 Å². The predicted octanol–water partition coefficient (Wildman–Crippen LogP) is 1.80. The molecule has 0 saturated carbocycles. The zero-order chi connectivity index (χ0) is 11.0. The molecule has 0 amide bonds. The first-order chi connectivity index (χ1) is 7.09. The van der Waals surface area contributed by atoms with Crippen LogP contribution in [0.25, 0.3) is 0 Å². The van der Waals surface area contributed by atoms with Crippen LogP contribution in [0.15, 0.2) is 6.07 Å². The van der Waals surface area contributed by atoms with Crippen molar-refractivity contribution in [3.8, 4) is 0 Å². The summed E-state index contributed by atoms with van der Waals surface area (Å²) in [5.74, 6) is -0.477. The number of hydrogen-bond donors (Lipinski definition) is 2. The molecule has 2 rings (SSSR count). The molecule has 4 heteroatoms. The third-order valence-electron chi connectivity index (χ3n) is 2.94. The number of carbonyl (C=O) groups is 1. The summed E-state index contributed by atoms with van der Waals surface area (Å²) >= 11 is 0. The molecule has 0 aromatic carbocycles. The molecule has 0 spiro atoms. The number of anilines is 1. The van der Waals surface area contributed by atoms with E-state index in [1.165, 1.54) is 0 Å². The molecule has 1 aromatic heterocycles. The summed E-state index contributed by atoms with van der Waals surface area (Å²) in [7, 11) is 0. The standard InChI is InChI=1S/C11H14N2O2/c1-6-3-2-4-7-5-8(11(14)15)10(12)13-9(6)7/h5-6H,2-4H2,1H3,(H2,12,13)(H,14,15). The number of fused-ring (bicyclic) bond motifs is 1. The van der Waals surface area contributed by atoms with Crippen molar-refractivity contribution in [2.24, 2.45) is 0 Å². The molecule has 1 aliphatic carbocycles. The second kappa shape index (κ2) is 3.53. The van der Waals surface area contributed by atoms with Crippen LogP contribution in [0.1, 0.15) is 47.3 Å². The molecule has 1 unspecified atom stereocenters. The van der Waals surface area contributed by atoms with E-state index in [1.54, 1.807) is 6.07 Å². The van der Waals surface area contributed by atoms with E-state index in [0.29, 0.717) is 5.92 Å². The summed E-state index contributed by atoms with van der Waals surface area (Å²) in [5, 5.41) is 8.91.